The lowest BCUT2D eigenvalue weighted by atomic mass is 9.79. The zero-order valence-corrected chi connectivity index (χ0v) is 10.1. The molecule has 9 N–H and O–H groups in total. The predicted octanol–water partition coefficient (Wildman–Crippen LogP) is -1.46. The molecule has 1 aromatic rings. The first-order chi connectivity index (χ1) is 7.73. The molecule has 0 spiro atoms. The van der Waals surface area contributed by atoms with Gasteiger partial charge in [0.25, 0.3) is 0 Å². The second-order valence-electron chi connectivity index (χ2n) is 4.86. The largest absolute Gasteiger partial charge is 0.308 e. The highest BCUT2D eigenvalue weighted by molar-refractivity contribution is 5.32. The summed E-state index contributed by atoms with van der Waals surface area (Å²) in [4.78, 5) is 0. The summed E-state index contributed by atoms with van der Waals surface area (Å²) in [6.45, 7) is 1.89. The fraction of sp³-hybridized carbons (Fsp3) is 0.455. The minimum absolute atomic E-state index is 0.730. The van der Waals surface area contributed by atoms with Gasteiger partial charge in [0.1, 0.15) is 5.66 Å². The van der Waals surface area contributed by atoms with Gasteiger partial charge in [-0.25, -0.2) is 10.4 Å². The van der Waals surface area contributed by atoms with Gasteiger partial charge in [-0.15, -0.1) is 0 Å². The maximum Gasteiger partial charge on any atom is 0.167 e. The molecule has 1 saturated heterocycles. The lowest BCUT2D eigenvalue weighted by Gasteiger charge is -2.42. The highest BCUT2D eigenvalue weighted by Crippen LogP contribution is 2.38. The first-order valence-electron chi connectivity index (χ1n) is 5.46. The minimum atomic E-state index is -1.34. The fourth-order valence-electron chi connectivity index (χ4n) is 2.27. The Kier molecular flexibility index (Phi) is 2.55. The van der Waals surface area contributed by atoms with E-state index in [1.807, 2.05) is 37.3 Å². The molecule has 94 valence electrons. The van der Waals surface area contributed by atoms with Crippen molar-refractivity contribution in [3.8, 4) is 0 Å². The van der Waals surface area contributed by atoms with Crippen molar-refractivity contribution in [3.63, 3.8) is 0 Å². The molecule has 0 aliphatic carbocycles. The quantitative estimate of drug-likeness (QED) is 0.380. The number of hydrogen-bond acceptors (Lipinski definition) is 6. The third-order valence-electron chi connectivity index (χ3n) is 3.79. The van der Waals surface area contributed by atoms with Crippen LogP contribution in [0.1, 0.15) is 12.5 Å². The van der Waals surface area contributed by atoms with Crippen LogP contribution in [0.3, 0.4) is 0 Å². The van der Waals surface area contributed by atoms with Crippen LogP contribution in [-0.2, 0) is 5.54 Å². The van der Waals surface area contributed by atoms with E-state index in [9.17, 15) is 0 Å². The number of nitrogens with two attached hydrogens (primary N) is 4. The maximum absolute atomic E-state index is 6.18. The molecule has 1 unspecified atom stereocenters. The third kappa shape index (κ3) is 1.43. The van der Waals surface area contributed by atoms with Crippen LogP contribution in [0.2, 0.25) is 0 Å². The predicted molar refractivity (Wildman–Crippen MR) is 66.9 cm³/mol. The highest BCUT2D eigenvalue weighted by Gasteiger charge is 2.63. The molecule has 0 bridgehead atoms. The van der Waals surface area contributed by atoms with E-state index in [4.69, 9.17) is 22.9 Å². The summed E-state index contributed by atoms with van der Waals surface area (Å²) in [5.74, 6) is -1.34. The van der Waals surface area contributed by atoms with Gasteiger partial charge in [0.05, 0.1) is 5.54 Å². The summed E-state index contributed by atoms with van der Waals surface area (Å²) in [6, 6.07) is 9.66. The SMILES string of the molecule is CN1NC(C)(c2ccccc2)C(N)(N)C1(N)N. The van der Waals surface area contributed by atoms with Crippen LogP contribution in [0.25, 0.3) is 0 Å². The number of benzene rings is 1. The molecule has 1 atom stereocenters. The van der Waals surface area contributed by atoms with Crippen LogP contribution in [0.4, 0.5) is 0 Å². The summed E-state index contributed by atoms with van der Waals surface area (Å²) < 4.78 is 0. The molecule has 0 aromatic heterocycles. The molecule has 0 radical (unpaired) electrons. The van der Waals surface area contributed by atoms with Gasteiger partial charge in [-0.1, -0.05) is 30.3 Å². The normalized spacial score (nSPS) is 31.6. The van der Waals surface area contributed by atoms with Gasteiger partial charge in [0, 0.05) is 7.05 Å². The third-order valence-corrected chi connectivity index (χ3v) is 3.79. The Labute approximate surface area is 101 Å². The van der Waals surface area contributed by atoms with Crippen molar-refractivity contribution < 1.29 is 0 Å². The lowest BCUT2D eigenvalue weighted by Crippen LogP contribution is -2.81. The Hall–Kier alpha value is -1.02. The van der Waals surface area contributed by atoms with E-state index in [0.717, 1.165) is 5.56 Å². The van der Waals surface area contributed by atoms with Crippen molar-refractivity contribution in [2.24, 2.45) is 22.9 Å². The zero-order valence-electron chi connectivity index (χ0n) is 10.1. The van der Waals surface area contributed by atoms with Crippen LogP contribution in [0.15, 0.2) is 30.3 Å². The number of hydrogen-bond donors (Lipinski definition) is 5. The smallest absolute Gasteiger partial charge is 0.167 e. The first-order valence-corrected chi connectivity index (χ1v) is 5.46. The van der Waals surface area contributed by atoms with Crippen LogP contribution in [0.5, 0.6) is 0 Å². The van der Waals surface area contributed by atoms with E-state index in [0.29, 0.717) is 0 Å². The summed E-state index contributed by atoms with van der Waals surface area (Å²) in [6.07, 6.45) is 0. The van der Waals surface area contributed by atoms with Gasteiger partial charge in [0.15, 0.2) is 5.79 Å². The van der Waals surface area contributed by atoms with E-state index >= 15 is 0 Å². The van der Waals surface area contributed by atoms with E-state index in [1.54, 1.807) is 12.1 Å². The monoisotopic (exact) mass is 236 g/mol. The number of hydrazine groups is 1. The molecule has 0 amide bonds. The highest BCUT2D eigenvalue weighted by atomic mass is 15.7. The summed E-state index contributed by atoms with van der Waals surface area (Å²) in [5, 5.41) is 1.56. The Morgan fingerprint density at radius 2 is 1.59 bits per heavy atom. The van der Waals surface area contributed by atoms with Gasteiger partial charge in [0.2, 0.25) is 0 Å². The van der Waals surface area contributed by atoms with E-state index in [2.05, 4.69) is 5.43 Å². The second kappa shape index (κ2) is 3.49. The molecule has 1 aliphatic rings. The Morgan fingerprint density at radius 1 is 1.06 bits per heavy atom. The Balaban J connectivity index is 2.54. The number of nitrogens with zero attached hydrogens (tertiary/aromatic N) is 1. The molecule has 1 aliphatic heterocycles. The van der Waals surface area contributed by atoms with Crippen molar-refractivity contribution in [1.82, 2.24) is 10.4 Å². The number of rotatable bonds is 1. The molecule has 1 fully saturated rings. The summed E-state index contributed by atoms with van der Waals surface area (Å²) in [7, 11) is 1.72. The van der Waals surface area contributed by atoms with E-state index < -0.39 is 17.0 Å². The van der Waals surface area contributed by atoms with Gasteiger partial charge < -0.3 is 11.5 Å². The van der Waals surface area contributed by atoms with Crippen LogP contribution < -0.4 is 28.4 Å². The van der Waals surface area contributed by atoms with Crippen LogP contribution in [-0.4, -0.2) is 23.5 Å². The van der Waals surface area contributed by atoms with Gasteiger partial charge in [-0.3, -0.25) is 11.5 Å². The number of likely N-dealkylation sites (N-methyl/N-ethyl adjacent to an activating group) is 1. The molecule has 6 nitrogen and oxygen atoms in total. The maximum atomic E-state index is 6.18. The van der Waals surface area contributed by atoms with Crippen molar-refractivity contribution in [3.05, 3.63) is 35.9 Å². The van der Waals surface area contributed by atoms with Crippen molar-refractivity contribution in [1.29, 1.82) is 0 Å². The molecular formula is C11H20N6. The van der Waals surface area contributed by atoms with E-state index in [1.165, 1.54) is 0 Å². The summed E-state index contributed by atoms with van der Waals surface area (Å²) >= 11 is 0. The van der Waals surface area contributed by atoms with Crippen LogP contribution in [0, 0.1) is 0 Å². The Morgan fingerprint density at radius 3 is 2.00 bits per heavy atom. The fourth-order valence-corrected chi connectivity index (χ4v) is 2.27. The molecular weight excluding hydrogens is 216 g/mol. The van der Waals surface area contributed by atoms with Crippen molar-refractivity contribution >= 4 is 0 Å². The molecule has 1 aromatic carbocycles. The molecule has 1 heterocycles. The van der Waals surface area contributed by atoms with Gasteiger partial charge in [-0.2, -0.15) is 0 Å². The lowest BCUT2D eigenvalue weighted by molar-refractivity contribution is 0.0955. The Bertz CT molecular complexity index is 415. The van der Waals surface area contributed by atoms with Gasteiger partial charge in [-0.05, 0) is 12.5 Å². The standard InChI is InChI=1S/C11H20N6/c1-9(8-6-4-3-5-7-8)10(12,13)11(14,15)17(2)16-9/h3-7,16H,12-15H2,1-2H3. The molecule has 17 heavy (non-hydrogen) atoms. The molecule has 2 rings (SSSR count). The minimum Gasteiger partial charge on any atom is -0.308 e. The van der Waals surface area contributed by atoms with Crippen molar-refractivity contribution in [2.75, 3.05) is 7.05 Å². The average Bonchev–Trinajstić information content (AvgIpc) is 2.40. The summed E-state index contributed by atoms with van der Waals surface area (Å²) in [5.41, 5.74) is 26.4. The second-order valence-corrected chi connectivity index (χ2v) is 4.86. The average molecular weight is 236 g/mol. The molecule has 6 heteroatoms. The zero-order chi connectivity index (χ0) is 12.9. The van der Waals surface area contributed by atoms with Crippen LogP contribution >= 0.6 is 0 Å². The first kappa shape index (κ1) is 12.4. The van der Waals surface area contributed by atoms with E-state index in [-0.39, 0.29) is 0 Å². The topological polar surface area (TPSA) is 119 Å². The molecule has 0 saturated carbocycles. The van der Waals surface area contributed by atoms with Crippen molar-refractivity contribution in [2.45, 2.75) is 23.9 Å². The number of nitrogens with one attached hydrogen (secondary N) is 1. The van der Waals surface area contributed by atoms with Gasteiger partial charge >= 0.3 is 0 Å².